The number of aliphatic hydroxyl groups is 2. The average Bonchev–Trinajstić information content (AvgIpc) is 1.57. The number of amides is 3. The van der Waals surface area contributed by atoms with Gasteiger partial charge < -0.3 is 78.3 Å². The fraction of sp³-hybridized carbons (Fsp3) is 0.578. The van der Waals surface area contributed by atoms with Gasteiger partial charge in [0, 0.05) is 167 Å². The number of aryl methyl sites for hydroxylation is 1. The molecule has 10 heterocycles. The number of hydrogen-bond donors (Lipinski definition) is 3. The minimum absolute atomic E-state index is 0.0103. The van der Waals surface area contributed by atoms with Crippen LogP contribution in [-0.4, -0.2) is 291 Å². The Hall–Kier alpha value is -10.8. The number of carbonyl (C=O) groups excluding carboxylic acids is 8. The standard InChI is InChI=1S/C102H135N15O18/c1-64-17-12-11-13-18-65(2)84(128-8)55-80-29-22-70(7)102(127,135-80)94(123)98(125)116-34-15-14-21-81(116)99(126)134-85(56-82(118)66(3)50-69(6)92(122)93(130-10)91(121)68(5)49-64)67(4)51-71-24-30-83(86(53-71)129-9)133-88(120)31-25-73-57-104-100(105-58-73)114-42-40-112(41-43-114)87(119)33-45-131-47-48-132-46-44-111-36-38-113(39-37-111)101-106-59-79(60-107-101)97(124)115-35-32-76-52-72(23-26-78(76)62-115)61-117-96-89(95(103)108-63-109-96)90(110-117)77-28-27-74-19-16-20-75(74)54-77/h11-13,16-18,20,23,26-28,50,52,54,57-60,63-64,66-68,70-71,80-81,83-86,92-93,122,127H,14-15,19,21-22,24-25,29-49,51,53,55-56,61-62H2,1-10H3,(H2,103,108,109)/b13-11+,17-12+,65-18+,69-50+/t64-,66-,67-,68-,70-,71+,80+,81+,83-,84+,85+,86-,92-,93+,102-/m1/s1. The molecule has 33 nitrogen and oxygen atoms in total. The van der Waals surface area contributed by atoms with Crippen molar-refractivity contribution < 1.29 is 86.5 Å². The second kappa shape index (κ2) is 46.9. The number of aromatic nitrogens is 8. The SMILES string of the molecule is CO[C@H]1C[C@@H]2CC[C@@H](C)[C@@](O)(O2)C(=O)C(=O)N2CCCC[C@H]2C(=O)O[C@H]([C@H](C)C[C@@H]2CC[C@@H](OC(=O)CCc3cnc(N4CCN(C(=O)CCOCCOCCN5CCN(c6ncc(C(=O)N7CCc8cc(Cn9nc(-c%10ccc%11c(c%10)C=CC%11)c%10c(N)ncnc%109)ccc8C7)cn6)CC5)CC4)nc3)[C@H](OC)C2)CC(=O)[C@H](C)/C=C(\C)[C@@H](O)[C@@H](OC)C(=O)[C@H](C)C[C@H](C)/C=C/C=C/C=C/1C. The van der Waals surface area contributed by atoms with Crippen molar-refractivity contribution in [2.24, 2.45) is 35.5 Å². The van der Waals surface area contributed by atoms with Gasteiger partial charge in [-0.15, -0.1) is 0 Å². The van der Waals surface area contributed by atoms with Crippen LogP contribution in [0.25, 0.3) is 28.4 Å². The molecule has 4 aromatic heterocycles. The van der Waals surface area contributed by atoms with Crippen molar-refractivity contribution in [1.82, 2.24) is 59.3 Å². The van der Waals surface area contributed by atoms with Gasteiger partial charge in [0.05, 0.1) is 68.7 Å². The molecule has 6 aliphatic heterocycles. The molecule has 3 amide bonds. The second-order valence-electron chi connectivity index (χ2n) is 37.9. The van der Waals surface area contributed by atoms with Gasteiger partial charge in [-0.3, -0.25) is 38.5 Å². The van der Waals surface area contributed by atoms with E-state index in [4.69, 9.17) is 48.7 Å². The lowest BCUT2D eigenvalue weighted by atomic mass is 9.78. The number of ether oxygens (including phenoxy) is 8. The number of nitrogen functional groups attached to an aromatic ring is 1. The number of piperazine rings is 2. The van der Waals surface area contributed by atoms with Gasteiger partial charge in [-0.25, -0.2) is 39.4 Å². The van der Waals surface area contributed by atoms with Gasteiger partial charge in [0.15, 0.2) is 11.4 Å². The molecule has 6 aromatic rings. The topological polar surface area (TPSA) is 391 Å². The molecule has 4 saturated heterocycles. The van der Waals surface area contributed by atoms with Crippen molar-refractivity contribution in [3.63, 3.8) is 0 Å². The summed E-state index contributed by atoms with van der Waals surface area (Å²) in [6.07, 6.45) is 24.8. The fourth-order valence-corrected chi connectivity index (χ4v) is 20.1. The highest BCUT2D eigenvalue weighted by atomic mass is 16.6. The largest absolute Gasteiger partial charge is 0.460 e. The number of hydrogen-bond acceptors (Lipinski definition) is 29. The Morgan fingerprint density at radius 3 is 2.17 bits per heavy atom. The number of methoxy groups -OCH3 is 3. The Balaban J connectivity index is 0.481. The predicted molar refractivity (Wildman–Crippen MR) is 507 cm³/mol. The summed E-state index contributed by atoms with van der Waals surface area (Å²) in [7, 11) is 4.52. The summed E-state index contributed by atoms with van der Waals surface area (Å²) in [5.41, 5.74) is 17.1. The number of ketones is 3. The van der Waals surface area contributed by atoms with E-state index in [1.807, 2.05) is 70.5 Å². The van der Waals surface area contributed by atoms with Gasteiger partial charge in [-0.05, 0) is 166 Å². The summed E-state index contributed by atoms with van der Waals surface area (Å²) < 4.78 is 50.0. The number of esters is 2. The molecule has 2 aromatic carbocycles. The molecule has 4 N–H and O–H groups in total. The van der Waals surface area contributed by atoms with Crippen LogP contribution >= 0.6 is 0 Å². The van der Waals surface area contributed by atoms with Crippen LogP contribution < -0.4 is 15.5 Å². The summed E-state index contributed by atoms with van der Waals surface area (Å²) in [6, 6.07) is 11.6. The van der Waals surface area contributed by atoms with Crippen LogP contribution in [0.4, 0.5) is 17.7 Å². The lowest BCUT2D eigenvalue weighted by Gasteiger charge is -2.42. The third-order valence-corrected chi connectivity index (χ3v) is 28.4. The van der Waals surface area contributed by atoms with Crippen molar-refractivity contribution in [2.45, 2.75) is 225 Å². The number of Topliss-reactive ketones (excluding diaryl/α,β-unsaturated/α-hetero) is 3. The number of anilines is 3. The van der Waals surface area contributed by atoms with E-state index in [0.29, 0.717) is 171 Å². The Labute approximate surface area is 791 Å². The highest BCUT2D eigenvalue weighted by Crippen LogP contribution is 2.41. The van der Waals surface area contributed by atoms with Crippen LogP contribution in [0.1, 0.15) is 182 Å². The summed E-state index contributed by atoms with van der Waals surface area (Å²) in [4.78, 5) is 152. The average molecular weight is 1860 g/mol. The van der Waals surface area contributed by atoms with Crippen molar-refractivity contribution in [2.75, 3.05) is 135 Å². The highest BCUT2D eigenvalue weighted by Gasteiger charge is 2.54. The predicted octanol–water partition coefficient (Wildman–Crippen LogP) is 10.0. The summed E-state index contributed by atoms with van der Waals surface area (Å²) in [5.74, 6) is -7.66. The number of allylic oxidation sites excluding steroid dienone is 7. The Kier molecular flexibility index (Phi) is 34.8. The molecule has 2 bridgehead atoms. The van der Waals surface area contributed by atoms with Crippen LogP contribution in [0.3, 0.4) is 0 Å². The monoisotopic (exact) mass is 1860 g/mol. The van der Waals surface area contributed by atoms with Crippen molar-refractivity contribution in [1.29, 1.82) is 0 Å². The van der Waals surface area contributed by atoms with Gasteiger partial charge in [-0.1, -0.05) is 114 Å². The first-order valence-electron chi connectivity index (χ1n) is 48.3. The maximum absolute atomic E-state index is 14.8. The van der Waals surface area contributed by atoms with Gasteiger partial charge >= 0.3 is 11.9 Å². The van der Waals surface area contributed by atoms with Crippen LogP contribution in [0, 0.1) is 35.5 Å². The van der Waals surface area contributed by atoms with E-state index >= 15 is 0 Å². The summed E-state index contributed by atoms with van der Waals surface area (Å²) in [5, 5.41) is 29.7. The number of benzene rings is 2. The molecule has 0 spiro atoms. The summed E-state index contributed by atoms with van der Waals surface area (Å²) >= 11 is 0. The minimum Gasteiger partial charge on any atom is -0.460 e. The van der Waals surface area contributed by atoms with E-state index in [9.17, 15) is 48.6 Å². The van der Waals surface area contributed by atoms with E-state index < -0.39 is 102 Å². The number of piperidine rings is 1. The first-order chi connectivity index (χ1) is 65.1. The molecule has 14 rings (SSSR count). The van der Waals surface area contributed by atoms with E-state index in [0.717, 1.165) is 78.1 Å². The van der Waals surface area contributed by atoms with Crippen molar-refractivity contribution >= 4 is 81.8 Å². The Morgan fingerprint density at radius 2 is 1.43 bits per heavy atom. The van der Waals surface area contributed by atoms with E-state index in [2.05, 4.69) is 88.3 Å². The quantitative estimate of drug-likeness (QED) is 0.0207. The van der Waals surface area contributed by atoms with E-state index in [-0.39, 0.29) is 80.5 Å². The van der Waals surface area contributed by atoms with E-state index in [1.165, 1.54) is 35.0 Å². The lowest BCUT2D eigenvalue weighted by molar-refractivity contribution is -0.265. The number of aliphatic hydroxyl groups excluding tert-OH is 1. The molecule has 726 valence electrons. The molecule has 135 heavy (non-hydrogen) atoms. The molecule has 0 radical (unpaired) electrons. The van der Waals surface area contributed by atoms with Crippen LogP contribution in [-0.2, 0) is 104 Å². The molecule has 8 aliphatic rings. The third kappa shape index (κ3) is 25.2. The van der Waals surface area contributed by atoms with Crippen LogP contribution in [0.5, 0.6) is 0 Å². The van der Waals surface area contributed by atoms with Crippen LogP contribution in [0.15, 0.2) is 121 Å². The Morgan fingerprint density at radius 1 is 0.696 bits per heavy atom. The molecular weight excluding hydrogens is 1720 g/mol. The minimum atomic E-state index is -2.49. The zero-order chi connectivity index (χ0) is 95.6. The third-order valence-electron chi connectivity index (χ3n) is 28.4. The number of carbonyl (C=O) groups is 8. The zero-order valence-electron chi connectivity index (χ0n) is 79.9. The molecule has 1 saturated carbocycles. The molecule has 5 fully saturated rings. The Bertz CT molecular complexity index is 5300. The van der Waals surface area contributed by atoms with Gasteiger partial charge in [-0.2, -0.15) is 5.10 Å². The summed E-state index contributed by atoms with van der Waals surface area (Å²) in [6.45, 7) is 21.7. The molecule has 33 heteroatoms. The lowest BCUT2D eigenvalue weighted by Crippen LogP contribution is -2.61. The van der Waals surface area contributed by atoms with Crippen molar-refractivity contribution in [3.05, 3.63) is 160 Å². The van der Waals surface area contributed by atoms with Gasteiger partial charge in [0.1, 0.15) is 54.1 Å². The smallest absolute Gasteiger partial charge is 0.329 e. The van der Waals surface area contributed by atoms with Crippen molar-refractivity contribution in [3.8, 4) is 11.3 Å². The van der Waals surface area contributed by atoms with Gasteiger partial charge in [0.2, 0.25) is 23.6 Å². The molecule has 2 aliphatic carbocycles. The zero-order valence-corrected chi connectivity index (χ0v) is 79.9. The number of fused-ring (bicyclic) bond motifs is 6. The maximum Gasteiger partial charge on any atom is 0.329 e. The van der Waals surface area contributed by atoms with Gasteiger partial charge in [0.25, 0.3) is 17.6 Å². The number of nitrogens with zero attached hydrogens (tertiary/aromatic N) is 14. The highest BCUT2D eigenvalue weighted by molar-refractivity contribution is 6.39. The number of rotatable bonds is 25. The number of cyclic esters (lactones) is 1. The van der Waals surface area contributed by atoms with E-state index in [1.54, 1.807) is 72.8 Å². The number of nitrogens with two attached hydrogens (primary N) is 1. The normalized spacial score (nSPS) is 27.8. The molecule has 0 unspecified atom stereocenters. The molecular formula is C102H135N15O18. The fourth-order valence-electron chi connectivity index (χ4n) is 20.1. The van der Waals surface area contributed by atoms with Crippen LogP contribution in [0.2, 0.25) is 0 Å². The maximum atomic E-state index is 14.8. The second-order valence-corrected chi connectivity index (χ2v) is 37.9. The first-order valence-corrected chi connectivity index (χ1v) is 48.3. The first kappa shape index (κ1) is 100. The molecule has 15 atom stereocenters.